The predicted octanol–water partition coefficient (Wildman–Crippen LogP) is 3.38. The summed E-state index contributed by atoms with van der Waals surface area (Å²) < 4.78 is 18.3. The monoisotopic (exact) mass is 422 g/mol. The first-order valence-corrected chi connectivity index (χ1v) is 10.2. The highest BCUT2D eigenvalue weighted by Gasteiger charge is 2.13. The lowest BCUT2D eigenvalue weighted by molar-refractivity contribution is 0.127. The molecular weight excluding hydrogens is 396 g/mol. The Hall–Kier alpha value is -3.68. The van der Waals surface area contributed by atoms with Gasteiger partial charge >= 0.3 is 0 Å². The lowest BCUT2D eigenvalue weighted by Crippen LogP contribution is -2.15. The van der Waals surface area contributed by atoms with Crippen LogP contribution in [0.2, 0.25) is 0 Å². The van der Waals surface area contributed by atoms with E-state index in [1.165, 1.54) is 0 Å². The number of hydrogen-bond donors (Lipinski definition) is 1. The second-order valence-electron chi connectivity index (χ2n) is 7.31. The fraction of sp³-hybridized carbons (Fsp3) is 0.304. The summed E-state index contributed by atoms with van der Waals surface area (Å²) in [5, 5.41) is 8.54. The van der Waals surface area contributed by atoms with Gasteiger partial charge in [-0.3, -0.25) is 4.68 Å². The van der Waals surface area contributed by atoms with E-state index >= 15 is 0 Å². The number of oxime groups is 1. The molecule has 0 radical (unpaired) electrons. The van der Waals surface area contributed by atoms with Gasteiger partial charge in [0.25, 0.3) is 0 Å². The maximum atomic E-state index is 6.09. The maximum Gasteiger partial charge on any atom is 0.231 e. The zero-order valence-electron chi connectivity index (χ0n) is 17.7. The smallest absolute Gasteiger partial charge is 0.231 e. The Labute approximate surface area is 181 Å². The number of amidine groups is 1. The molecule has 1 aliphatic heterocycles. The highest BCUT2D eigenvalue weighted by molar-refractivity contribution is 5.97. The quantitative estimate of drug-likeness (QED) is 0.246. The summed E-state index contributed by atoms with van der Waals surface area (Å²) in [4.78, 5) is 5.36. The zero-order chi connectivity index (χ0) is 21.6. The normalized spacial score (nSPS) is 12.8. The van der Waals surface area contributed by atoms with Crippen LogP contribution in [0.3, 0.4) is 0 Å². The highest BCUT2D eigenvalue weighted by Crippen LogP contribution is 2.35. The van der Waals surface area contributed by atoms with Crippen molar-refractivity contribution in [2.24, 2.45) is 10.9 Å². The first kappa shape index (κ1) is 20.6. The fourth-order valence-electron chi connectivity index (χ4n) is 3.28. The average Bonchev–Trinajstić information content (AvgIpc) is 3.35. The van der Waals surface area contributed by atoms with Gasteiger partial charge in [0.05, 0.1) is 18.8 Å². The molecule has 8 heteroatoms. The number of fused-ring (bicyclic) bond motifs is 1. The van der Waals surface area contributed by atoms with Crippen molar-refractivity contribution in [1.29, 1.82) is 0 Å². The van der Waals surface area contributed by atoms with Gasteiger partial charge in [0.1, 0.15) is 12.4 Å². The minimum absolute atomic E-state index is 0.248. The van der Waals surface area contributed by atoms with Gasteiger partial charge in [0.2, 0.25) is 6.79 Å². The van der Waals surface area contributed by atoms with Crippen LogP contribution >= 0.6 is 0 Å². The largest absolute Gasteiger partial charge is 0.493 e. The number of aromatic nitrogens is 2. The first-order valence-electron chi connectivity index (χ1n) is 10.2. The van der Waals surface area contributed by atoms with Crippen LogP contribution in [0.25, 0.3) is 0 Å². The molecule has 0 spiro atoms. The molecule has 0 aliphatic carbocycles. The van der Waals surface area contributed by atoms with E-state index in [0.29, 0.717) is 37.8 Å². The van der Waals surface area contributed by atoms with E-state index in [4.69, 9.17) is 24.8 Å². The molecule has 2 heterocycles. The van der Waals surface area contributed by atoms with Crippen LogP contribution in [-0.4, -0.2) is 35.6 Å². The van der Waals surface area contributed by atoms with Crippen molar-refractivity contribution in [2.45, 2.75) is 26.8 Å². The number of ether oxygens (including phenoxy) is 3. The Kier molecular flexibility index (Phi) is 6.26. The van der Waals surface area contributed by atoms with Crippen molar-refractivity contribution in [1.82, 2.24) is 9.78 Å². The van der Waals surface area contributed by atoms with Gasteiger partial charge in [0, 0.05) is 23.7 Å². The lowest BCUT2D eigenvalue weighted by Gasteiger charge is -2.08. The molecule has 0 fully saturated rings. The van der Waals surface area contributed by atoms with Crippen LogP contribution in [-0.2, 0) is 11.4 Å². The van der Waals surface area contributed by atoms with E-state index in [2.05, 4.69) is 16.3 Å². The molecule has 0 bridgehead atoms. The minimum atomic E-state index is 0.248. The molecule has 2 N–H and O–H groups in total. The van der Waals surface area contributed by atoms with E-state index < -0.39 is 0 Å². The Balaban J connectivity index is 1.23. The summed E-state index contributed by atoms with van der Waals surface area (Å²) >= 11 is 0. The van der Waals surface area contributed by atoms with E-state index in [9.17, 15) is 0 Å². The molecule has 3 aromatic rings. The van der Waals surface area contributed by atoms with E-state index in [1.54, 1.807) is 0 Å². The van der Waals surface area contributed by atoms with Gasteiger partial charge in [-0.25, -0.2) is 0 Å². The van der Waals surface area contributed by atoms with E-state index in [0.717, 1.165) is 34.0 Å². The van der Waals surface area contributed by atoms with Gasteiger partial charge in [-0.15, -0.1) is 0 Å². The number of hydrogen-bond acceptors (Lipinski definition) is 6. The highest BCUT2D eigenvalue weighted by atomic mass is 16.7. The van der Waals surface area contributed by atoms with E-state index in [-0.39, 0.29) is 6.79 Å². The van der Waals surface area contributed by atoms with E-state index in [1.807, 2.05) is 61.0 Å². The topological polar surface area (TPSA) is 93.1 Å². The van der Waals surface area contributed by atoms with Crippen molar-refractivity contribution in [3.05, 3.63) is 71.0 Å². The summed E-state index contributed by atoms with van der Waals surface area (Å²) in [5.74, 6) is 2.50. The number of rotatable bonds is 9. The fourth-order valence-corrected chi connectivity index (χ4v) is 3.28. The third-order valence-corrected chi connectivity index (χ3v) is 4.81. The molecule has 31 heavy (non-hydrogen) atoms. The van der Waals surface area contributed by atoms with Gasteiger partial charge in [0.15, 0.2) is 17.3 Å². The standard InChI is InChI=1S/C23H26N4O4/c1-16-11-17(2)27(25-16)14-18-5-3-6-19(12-18)23(24)26-31-10-4-9-28-20-7-8-21-22(13-20)30-15-29-21/h3,5-8,11-13H,4,9-10,14-15H2,1-2H3,(H2,24,26). The molecule has 0 atom stereocenters. The molecule has 0 saturated heterocycles. The van der Waals surface area contributed by atoms with Crippen LogP contribution in [0, 0.1) is 13.8 Å². The van der Waals surface area contributed by atoms with Crippen LogP contribution in [0.15, 0.2) is 53.7 Å². The minimum Gasteiger partial charge on any atom is -0.493 e. The molecule has 4 rings (SSSR count). The number of nitrogens with zero attached hydrogens (tertiary/aromatic N) is 3. The maximum absolute atomic E-state index is 6.09. The third-order valence-electron chi connectivity index (χ3n) is 4.81. The van der Waals surface area contributed by atoms with Crippen LogP contribution in [0.5, 0.6) is 17.2 Å². The van der Waals surface area contributed by atoms with Crippen molar-refractivity contribution in [2.75, 3.05) is 20.0 Å². The number of benzene rings is 2. The molecule has 1 aromatic heterocycles. The molecule has 1 aliphatic rings. The molecule has 0 amide bonds. The molecular formula is C23H26N4O4. The second kappa shape index (κ2) is 9.42. The molecule has 162 valence electrons. The van der Waals surface area contributed by atoms with Crippen LogP contribution in [0.1, 0.15) is 28.9 Å². The zero-order valence-corrected chi connectivity index (χ0v) is 17.7. The Morgan fingerprint density at radius 1 is 1.10 bits per heavy atom. The number of nitrogens with two attached hydrogens (primary N) is 1. The van der Waals surface area contributed by atoms with Gasteiger partial charge < -0.3 is 24.8 Å². The summed E-state index contributed by atoms with van der Waals surface area (Å²) in [6.07, 6.45) is 0.670. The predicted molar refractivity (Wildman–Crippen MR) is 117 cm³/mol. The SMILES string of the molecule is Cc1cc(C)n(Cc2cccc(/C(N)=N/OCCCOc3ccc4c(c3)OCO4)c2)n1. The van der Waals surface area contributed by atoms with Gasteiger partial charge in [-0.05, 0) is 43.7 Å². The Morgan fingerprint density at radius 3 is 2.81 bits per heavy atom. The molecule has 8 nitrogen and oxygen atoms in total. The van der Waals surface area contributed by atoms with Gasteiger partial charge in [-0.2, -0.15) is 5.10 Å². The summed E-state index contributed by atoms with van der Waals surface area (Å²) in [6.45, 7) is 5.85. The van der Waals surface area contributed by atoms with Gasteiger partial charge in [-0.1, -0.05) is 23.4 Å². The first-order chi connectivity index (χ1) is 15.1. The summed E-state index contributed by atoms with van der Waals surface area (Å²) in [7, 11) is 0. The van der Waals surface area contributed by atoms with Crippen molar-refractivity contribution < 1.29 is 19.0 Å². The summed E-state index contributed by atoms with van der Waals surface area (Å²) in [5.41, 5.74) is 10.1. The molecule has 0 saturated carbocycles. The van der Waals surface area contributed by atoms with Crippen molar-refractivity contribution >= 4 is 5.84 Å². The third kappa shape index (κ3) is 5.28. The molecule has 0 unspecified atom stereocenters. The second-order valence-corrected chi connectivity index (χ2v) is 7.31. The Morgan fingerprint density at radius 2 is 1.97 bits per heavy atom. The van der Waals surface area contributed by atoms with Crippen molar-refractivity contribution in [3.8, 4) is 17.2 Å². The lowest BCUT2D eigenvalue weighted by atomic mass is 10.1. The Bertz CT molecular complexity index is 1080. The number of aryl methyl sites for hydroxylation is 2. The van der Waals surface area contributed by atoms with Crippen LogP contribution in [0.4, 0.5) is 0 Å². The van der Waals surface area contributed by atoms with Crippen LogP contribution < -0.4 is 19.9 Å². The van der Waals surface area contributed by atoms with Crippen molar-refractivity contribution in [3.63, 3.8) is 0 Å². The average molecular weight is 422 g/mol. The summed E-state index contributed by atoms with van der Waals surface area (Å²) in [6, 6.07) is 15.5. The molecule has 2 aromatic carbocycles.